The monoisotopic (exact) mass is 265 g/mol. The zero-order valence-corrected chi connectivity index (χ0v) is 10.7. The highest BCUT2D eigenvalue weighted by Crippen LogP contribution is 2.27. The number of rotatable bonds is 2. The highest BCUT2D eigenvalue weighted by molar-refractivity contribution is 5.39. The maximum Gasteiger partial charge on any atom is 0.131 e. The maximum atomic E-state index is 13.8. The number of halogens is 3. The Morgan fingerprint density at radius 3 is 2.21 bits per heavy atom. The Bertz CT molecular complexity index is 623. The molecule has 0 bridgehead atoms. The van der Waals surface area contributed by atoms with Crippen LogP contribution in [0.2, 0.25) is 0 Å². The molecule has 0 saturated heterocycles. The Balaban J connectivity index is 2.52. The molecule has 1 unspecified atom stereocenters. The van der Waals surface area contributed by atoms with E-state index in [4.69, 9.17) is 5.73 Å². The molecule has 0 amide bonds. The summed E-state index contributed by atoms with van der Waals surface area (Å²) >= 11 is 0. The number of hydrogen-bond donors (Lipinski definition) is 1. The van der Waals surface area contributed by atoms with Gasteiger partial charge < -0.3 is 5.73 Å². The molecular weight excluding hydrogens is 251 g/mol. The second-order valence-electron chi connectivity index (χ2n) is 4.60. The molecule has 0 heterocycles. The van der Waals surface area contributed by atoms with Crippen LogP contribution < -0.4 is 5.73 Å². The molecule has 0 fully saturated rings. The van der Waals surface area contributed by atoms with Crippen molar-refractivity contribution < 1.29 is 13.2 Å². The Morgan fingerprint density at radius 2 is 1.53 bits per heavy atom. The van der Waals surface area contributed by atoms with Crippen LogP contribution in [0.25, 0.3) is 0 Å². The first-order chi connectivity index (χ1) is 8.90. The van der Waals surface area contributed by atoms with Crippen molar-refractivity contribution >= 4 is 0 Å². The summed E-state index contributed by atoms with van der Waals surface area (Å²) in [6.07, 6.45) is 0. The molecule has 0 aliphatic heterocycles. The fraction of sp³-hybridized carbons (Fsp3) is 0.200. The van der Waals surface area contributed by atoms with Crippen LogP contribution in [0.5, 0.6) is 0 Å². The molecule has 0 saturated carbocycles. The second kappa shape index (κ2) is 5.05. The highest BCUT2D eigenvalue weighted by atomic mass is 19.1. The van der Waals surface area contributed by atoms with Crippen LogP contribution in [0.3, 0.4) is 0 Å². The topological polar surface area (TPSA) is 26.0 Å². The van der Waals surface area contributed by atoms with Crippen molar-refractivity contribution in [3.8, 4) is 0 Å². The van der Waals surface area contributed by atoms with Crippen molar-refractivity contribution in [1.82, 2.24) is 0 Å². The van der Waals surface area contributed by atoms with Crippen LogP contribution in [-0.4, -0.2) is 0 Å². The first-order valence-corrected chi connectivity index (χ1v) is 5.87. The van der Waals surface area contributed by atoms with Gasteiger partial charge in [-0.25, -0.2) is 13.2 Å². The maximum absolute atomic E-state index is 13.8. The summed E-state index contributed by atoms with van der Waals surface area (Å²) in [5.41, 5.74) is 7.69. The molecule has 0 radical (unpaired) electrons. The minimum Gasteiger partial charge on any atom is -0.320 e. The van der Waals surface area contributed by atoms with Gasteiger partial charge in [-0.15, -0.1) is 0 Å². The average molecular weight is 265 g/mol. The largest absolute Gasteiger partial charge is 0.320 e. The SMILES string of the molecule is Cc1cc(C(N)c2cc(F)ccc2C)c(F)cc1F. The van der Waals surface area contributed by atoms with E-state index >= 15 is 0 Å². The number of nitrogens with two attached hydrogens (primary N) is 1. The normalized spacial score (nSPS) is 12.5. The predicted octanol–water partition coefficient (Wildman–Crippen LogP) is 3.77. The van der Waals surface area contributed by atoms with Crippen molar-refractivity contribution in [2.45, 2.75) is 19.9 Å². The van der Waals surface area contributed by atoms with E-state index in [0.29, 0.717) is 11.1 Å². The molecule has 2 rings (SSSR count). The van der Waals surface area contributed by atoms with Gasteiger partial charge in [0, 0.05) is 11.6 Å². The summed E-state index contributed by atoms with van der Waals surface area (Å²) in [5, 5.41) is 0. The lowest BCUT2D eigenvalue weighted by Gasteiger charge is -2.17. The van der Waals surface area contributed by atoms with Gasteiger partial charge in [-0.2, -0.15) is 0 Å². The number of aryl methyl sites for hydroxylation is 2. The summed E-state index contributed by atoms with van der Waals surface area (Å²) in [6.45, 7) is 3.30. The minimum absolute atomic E-state index is 0.160. The highest BCUT2D eigenvalue weighted by Gasteiger charge is 2.18. The van der Waals surface area contributed by atoms with Crippen LogP contribution in [0.4, 0.5) is 13.2 Å². The molecule has 100 valence electrons. The first kappa shape index (κ1) is 13.6. The van der Waals surface area contributed by atoms with E-state index in [-0.39, 0.29) is 5.56 Å². The molecule has 2 N–H and O–H groups in total. The summed E-state index contributed by atoms with van der Waals surface area (Å²) in [4.78, 5) is 0. The lowest BCUT2D eigenvalue weighted by atomic mass is 9.94. The lowest BCUT2D eigenvalue weighted by Crippen LogP contribution is -2.16. The third-order valence-corrected chi connectivity index (χ3v) is 3.19. The molecular formula is C15H14F3N. The summed E-state index contributed by atoms with van der Waals surface area (Å²) < 4.78 is 40.3. The van der Waals surface area contributed by atoms with Gasteiger partial charge in [0.1, 0.15) is 17.5 Å². The van der Waals surface area contributed by atoms with E-state index < -0.39 is 23.5 Å². The van der Waals surface area contributed by atoms with E-state index in [1.807, 2.05) is 0 Å². The van der Waals surface area contributed by atoms with E-state index in [9.17, 15) is 13.2 Å². The van der Waals surface area contributed by atoms with Crippen molar-refractivity contribution in [2.75, 3.05) is 0 Å². The van der Waals surface area contributed by atoms with E-state index in [1.54, 1.807) is 13.0 Å². The number of benzene rings is 2. The Hall–Kier alpha value is -1.81. The summed E-state index contributed by atoms with van der Waals surface area (Å²) in [7, 11) is 0. The number of hydrogen-bond acceptors (Lipinski definition) is 1. The van der Waals surface area contributed by atoms with Crippen LogP contribution in [0, 0.1) is 31.3 Å². The van der Waals surface area contributed by atoms with Crippen LogP contribution in [0.15, 0.2) is 30.3 Å². The van der Waals surface area contributed by atoms with Crippen LogP contribution in [0.1, 0.15) is 28.3 Å². The molecule has 1 atom stereocenters. The van der Waals surface area contributed by atoms with Gasteiger partial charge >= 0.3 is 0 Å². The molecule has 0 aliphatic rings. The zero-order valence-electron chi connectivity index (χ0n) is 10.7. The molecule has 0 aromatic heterocycles. The van der Waals surface area contributed by atoms with Crippen molar-refractivity contribution in [1.29, 1.82) is 0 Å². The van der Waals surface area contributed by atoms with Gasteiger partial charge in [0.2, 0.25) is 0 Å². The fourth-order valence-corrected chi connectivity index (χ4v) is 2.03. The van der Waals surface area contributed by atoms with Gasteiger partial charge in [-0.1, -0.05) is 6.07 Å². The lowest BCUT2D eigenvalue weighted by molar-refractivity contribution is 0.559. The molecule has 0 spiro atoms. The predicted molar refractivity (Wildman–Crippen MR) is 68.3 cm³/mol. The Kier molecular flexibility index (Phi) is 3.62. The standard InChI is InChI=1S/C15H14F3N/c1-8-3-4-10(16)6-11(8)15(19)12-5-9(2)13(17)7-14(12)18/h3-7,15H,19H2,1-2H3. The average Bonchev–Trinajstić information content (AvgIpc) is 2.36. The Morgan fingerprint density at radius 1 is 0.842 bits per heavy atom. The van der Waals surface area contributed by atoms with Gasteiger partial charge in [-0.3, -0.25) is 0 Å². The van der Waals surface area contributed by atoms with Gasteiger partial charge in [-0.05, 0) is 48.7 Å². The fourth-order valence-electron chi connectivity index (χ4n) is 2.03. The van der Waals surface area contributed by atoms with Crippen LogP contribution in [-0.2, 0) is 0 Å². The molecule has 0 aliphatic carbocycles. The quantitative estimate of drug-likeness (QED) is 0.878. The minimum atomic E-state index is -0.824. The van der Waals surface area contributed by atoms with Gasteiger partial charge in [0.05, 0.1) is 6.04 Å². The molecule has 2 aromatic rings. The molecule has 2 aromatic carbocycles. The molecule has 19 heavy (non-hydrogen) atoms. The second-order valence-corrected chi connectivity index (χ2v) is 4.60. The van der Waals surface area contributed by atoms with Crippen molar-refractivity contribution in [2.24, 2.45) is 5.73 Å². The molecule has 1 nitrogen and oxygen atoms in total. The summed E-state index contributed by atoms with van der Waals surface area (Å²) in [6, 6.07) is 5.52. The zero-order chi connectivity index (χ0) is 14.2. The van der Waals surface area contributed by atoms with Crippen molar-refractivity contribution in [3.05, 3.63) is 70.0 Å². The van der Waals surface area contributed by atoms with E-state index in [2.05, 4.69) is 0 Å². The smallest absolute Gasteiger partial charge is 0.131 e. The third-order valence-electron chi connectivity index (χ3n) is 3.19. The van der Waals surface area contributed by atoms with Crippen LogP contribution >= 0.6 is 0 Å². The first-order valence-electron chi connectivity index (χ1n) is 5.87. The van der Waals surface area contributed by atoms with Crippen molar-refractivity contribution in [3.63, 3.8) is 0 Å². The van der Waals surface area contributed by atoms with E-state index in [1.165, 1.54) is 25.1 Å². The van der Waals surface area contributed by atoms with E-state index in [0.717, 1.165) is 11.6 Å². The van der Waals surface area contributed by atoms with Gasteiger partial charge in [0.15, 0.2) is 0 Å². The Labute approximate surface area is 109 Å². The third kappa shape index (κ3) is 2.63. The molecule has 4 heteroatoms. The van der Waals surface area contributed by atoms with Gasteiger partial charge in [0.25, 0.3) is 0 Å². The summed E-state index contributed by atoms with van der Waals surface area (Å²) in [5.74, 6) is -1.78.